The summed E-state index contributed by atoms with van der Waals surface area (Å²) in [5.41, 5.74) is 2.41. The van der Waals surface area contributed by atoms with Crippen LogP contribution in [-0.2, 0) is 0 Å². The van der Waals surface area contributed by atoms with Gasteiger partial charge in [0, 0.05) is 16.7 Å². The molecule has 0 unspecified atom stereocenters. The lowest BCUT2D eigenvalue weighted by Crippen LogP contribution is -1.99. The molecule has 0 bridgehead atoms. The summed E-state index contributed by atoms with van der Waals surface area (Å²) >= 11 is 8.81. The third-order valence-electron chi connectivity index (χ3n) is 3.12. The Labute approximate surface area is 134 Å². The number of methoxy groups -OCH3 is 2. The normalized spacial score (nSPS) is 10.8. The second-order valence-electron chi connectivity index (χ2n) is 4.33. The van der Waals surface area contributed by atoms with Crippen molar-refractivity contribution in [3.8, 4) is 17.2 Å². The lowest BCUT2D eigenvalue weighted by molar-refractivity contribution is 0.393. The van der Waals surface area contributed by atoms with E-state index in [0.717, 1.165) is 27.1 Å². The highest BCUT2D eigenvalue weighted by Crippen LogP contribution is 2.30. The first-order chi connectivity index (χ1) is 10.1. The van der Waals surface area contributed by atoms with Crippen molar-refractivity contribution in [2.45, 2.75) is 0 Å². The van der Waals surface area contributed by atoms with Crippen LogP contribution in [0.15, 0.2) is 34.9 Å². The lowest BCUT2D eigenvalue weighted by atomic mass is 10.2. The number of rotatable bonds is 3. The van der Waals surface area contributed by atoms with Gasteiger partial charge in [-0.2, -0.15) is 0 Å². The Morgan fingerprint density at radius 1 is 1.24 bits per heavy atom. The molecule has 108 valence electrons. The maximum Gasteiger partial charge on any atom is 0.184 e. The molecule has 0 radical (unpaired) electrons. The van der Waals surface area contributed by atoms with Crippen molar-refractivity contribution < 1.29 is 9.47 Å². The third kappa shape index (κ3) is 2.43. The number of hydrogen-bond donors (Lipinski definition) is 1. The van der Waals surface area contributed by atoms with Crippen LogP contribution in [0.3, 0.4) is 0 Å². The molecular weight excluding hydrogens is 354 g/mol. The molecule has 0 aliphatic carbocycles. The van der Waals surface area contributed by atoms with Gasteiger partial charge >= 0.3 is 0 Å². The summed E-state index contributed by atoms with van der Waals surface area (Å²) in [5, 5.41) is 0. The summed E-state index contributed by atoms with van der Waals surface area (Å²) < 4.78 is 13.9. The average Bonchev–Trinajstić information content (AvgIpc) is 2.81. The number of H-pyrrole nitrogens is 1. The zero-order chi connectivity index (χ0) is 15.0. The van der Waals surface area contributed by atoms with Gasteiger partial charge in [-0.3, -0.25) is 4.57 Å². The Morgan fingerprint density at radius 2 is 2.05 bits per heavy atom. The number of ether oxygens (including phenoxy) is 2. The molecule has 0 saturated heterocycles. The largest absolute Gasteiger partial charge is 0.497 e. The number of nitrogens with one attached hydrogen (secondary N) is 1. The van der Waals surface area contributed by atoms with Crippen LogP contribution in [0.25, 0.3) is 16.9 Å². The molecule has 0 aliphatic rings. The number of benzene rings is 1. The maximum absolute atomic E-state index is 5.44. The molecule has 2 aromatic heterocycles. The number of nitrogens with zero attached hydrogens (tertiary/aromatic N) is 2. The van der Waals surface area contributed by atoms with Crippen molar-refractivity contribution in [3.63, 3.8) is 0 Å². The summed E-state index contributed by atoms with van der Waals surface area (Å²) in [4.78, 5) is 7.57. The van der Waals surface area contributed by atoms with E-state index in [1.165, 1.54) is 0 Å². The Bertz CT molecular complexity index is 872. The van der Waals surface area contributed by atoms with Crippen molar-refractivity contribution in [2.24, 2.45) is 0 Å². The number of fused-ring (bicyclic) bond motifs is 1. The van der Waals surface area contributed by atoms with Crippen LogP contribution in [0.2, 0.25) is 0 Å². The second-order valence-corrected chi connectivity index (χ2v) is 5.63. The zero-order valence-corrected chi connectivity index (χ0v) is 13.8. The minimum Gasteiger partial charge on any atom is -0.497 e. The van der Waals surface area contributed by atoms with E-state index in [1.807, 2.05) is 28.8 Å². The van der Waals surface area contributed by atoms with Gasteiger partial charge in [0.25, 0.3) is 0 Å². The van der Waals surface area contributed by atoms with Crippen LogP contribution in [0.4, 0.5) is 0 Å². The first-order valence-electron chi connectivity index (χ1n) is 6.12. The molecule has 0 fully saturated rings. The first kappa shape index (κ1) is 14.1. The van der Waals surface area contributed by atoms with Crippen molar-refractivity contribution >= 4 is 39.3 Å². The number of halogens is 1. The quantitative estimate of drug-likeness (QED) is 0.716. The summed E-state index contributed by atoms with van der Waals surface area (Å²) in [6.07, 6.45) is 1.73. The molecule has 7 heteroatoms. The highest BCUT2D eigenvalue weighted by Gasteiger charge is 2.13. The lowest BCUT2D eigenvalue weighted by Gasteiger charge is -2.11. The first-order valence-corrected chi connectivity index (χ1v) is 7.33. The Morgan fingerprint density at radius 3 is 2.76 bits per heavy atom. The van der Waals surface area contributed by atoms with Crippen LogP contribution in [0.1, 0.15) is 0 Å². The molecular formula is C14H12BrN3O2S. The van der Waals surface area contributed by atoms with Crippen LogP contribution >= 0.6 is 28.1 Å². The summed E-state index contributed by atoms with van der Waals surface area (Å²) in [5.74, 6) is 1.38. The highest BCUT2D eigenvalue weighted by atomic mass is 79.9. The van der Waals surface area contributed by atoms with Crippen molar-refractivity contribution in [1.82, 2.24) is 14.5 Å². The van der Waals surface area contributed by atoms with Crippen LogP contribution in [0, 0.1) is 4.77 Å². The molecule has 0 spiro atoms. The highest BCUT2D eigenvalue weighted by molar-refractivity contribution is 9.10. The molecule has 0 aliphatic heterocycles. The minimum atomic E-state index is 0.555. The van der Waals surface area contributed by atoms with E-state index in [-0.39, 0.29) is 0 Å². The number of imidazole rings is 1. The molecule has 21 heavy (non-hydrogen) atoms. The maximum atomic E-state index is 5.44. The predicted molar refractivity (Wildman–Crippen MR) is 87.1 cm³/mol. The van der Waals surface area contributed by atoms with Gasteiger partial charge in [0.1, 0.15) is 11.5 Å². The number of aromatic nitrogens is 3. The van der Waals surface area contributed by atoms with Gasteiger partial charge in [-0.1, -0.05) is 0 Å². The Balaban J connectivity index is 2.30. The Kier molecular flexibility index (Phi) is 3.69. The van der Waals surface area contributed by atoms with Crippen LogP contribution < -0.4 is 9.47 Å². The van der Waals surface area contributed by atoms with E-state index in [1.54, 1.807) is 20.4 Å². The minimum absolute atomic E-state index is 0.555. The molecule has 0 atom stereocenters. The molecule has 1 aromatic carbocycles. The smallest absolute Gasteiger partial charge is 0.184 e. The fourth-order valence-electron chi connectivity index (χ4n) is 2.16. The van der Waals surface area contributed by atoms with Crippen molar-refractivity contribution in [1.29, 1.82) is 0 Å². The summed E-state index contributed by atoms with van der Waals surface area (Å²) in [6, 6.07) is 7.50. The van der Waals surface area contributed by atoms with E-state index in [2.05, 4.69) is 25.9 Å². The molecule has 0 saturated carbocycles. The Hall–Kier alpha value is -1.86. The van der Waals surface area contributed by atoms with Gasteiger partial charge in [-0.15, -0.1) is 0 Å². The standard InChI is InChI=1S/C14H12BrN3O2S/c1-19-9-3-4-11(12(6-9)20-2)18-13-10(17-14(18)21)5-8(15)7-16-13/h3-7H,1-2H3,(H,17,21). The fraction of sp³-hybridized carbons (Fsp3) is 0.143. The summed E-state index contributed by atoms with van der Waals surface area (Å²) in [6.45, 7) is 0. The van der Waals surface area contributed by atoms with Crippen molar-refractivity contribution in [3.05, 3.63) is 39.7 Å². The summed E-state index contributed by atoms with van der Waals surface area (Å²) in [7, 11) is 3.23. The molecule has 3 aromatic rings. The predicted octanol–water partition coefficient (Wildman–Crippen LogP) is 3.86. The van der Waals surface area contributed by atoms with E-state index in [4.69, 9.17) is 21.7 Å². The molecule has 2 heterocycles. The van der Waals surface area contributed by atoms with Crippen molar-refractivity contribution in [2.75, 3.05) is 14.2 Å². The number of hydrogen-bond acceptors (Lipinski definition) is 4. The van der Waals surface area contributed by atoms with Crippen LogP contribution in [-0.4, -0.2) is 28.8 Å². The fourth-order valence-corrected chi connectivity index (χ4v) is 2.79. The third-order valence-corrected chi connectivity index (χ3v) is 3.84. The monoisotopic (exact) mass is 365 g/mol. The van der Waals surface area contributed by atoms with Gasteiger partial charge in [0.05, 0.1) is 25.4 Å². The van der Waals surface area contributed by atoms with E-state index in [0.29, 0.717) is 10.5 Å². The van der Waals surface area contributed by atoms with Gasteiger partial charge in [0.2, 0.25) is 0 Å². The van der Waals surface area contributed by atoms with Gasteiger partial charge in [-0.05, 0) is 46.3 Å². The molecule has 0 amide bonds. The van der Waals surface area contributed by atoms with E-state index < -0.39 is 0 Å². The number of pyridine rings is 1. The van der Waals surface area contributed by atoms with Gasteiger partial charge in [-0.25, -0.2) is 4.98 Å². The molecule has 1 N–H and O–H groups in total. The van der Waals surface area contributed by atoms with Gasteiger partial charge < -0.3 is 14.5 Å². The van der Waals surface area contributed by atoms with Crippen LogP contribution in [0.5, 0.6) is 11.5 Å². The second kappa shape index (κ2) is 5.50. The van der Waals surface area contributed by atoms with Gasteiger partial charge in [0.15, 0.2) is 10.4 Å². The molecule has 3 rings (SSSR count). The zero-order valence-electron chi connectivity index (χ0n) is 11.4. The SMILES string of the molecule is COc1ccc(-n2c(=S)[nH]c3cc(Br)cnc32)c(OC)c1. The number of aromatic amines is 1. The van der Waals surface area contributed by atoms with E-state index >= 15 is 0 Å². The molecule has 5 nitrogen and oxygen atoms in total. The van der Waals surface area contributed by atoms with E-state index in [9.17, 15) is 0 Å². The topological polar surface area (TPSA) is 52.1 Å². The average molecular weight is 366 g/mol.